The molecule has 0 aromatic rings. The van der Waals surface area contributed by atoms with Gasteiger partial charge in [-0.3, -0.25) is 4.79 Å². The number of hydrogen-bond donors (Lipinski definition) is 2. The molecule has 3 aliphatic heterocycles. The van der Waals surface area contributed by atoms with E-state index in [9.17, 15) is 14.4 Å². The summed E-state index contributed by atoms with van der Waals surface area (Å²) in [6, 6.07) is -1.40. The Hall–Kier alpha value is -2.11. The molecule has 0 unspecified atom stereocenters. The molecule has 0 aromatic carbocycles. The maximum absolute atomic E-state index is 12.7. The van der Waals surface area contributed by atoms with Crippen molar-refractivity contribution in [3.63, 3.8) is 0 Å². The summed E-state index contributed by atoms with van der Waals surface area (Å²) in [6.45, 7) is 6.83. The number of urea groups is 1. The molecule has 3 aliphatic rings. The van der Waals surface area contributed by atoms with Crippen LogP contribution in [-0.2, 0) is 19.6 Å². The van der Waals surface area contributed by atoms with Crippen molar-refractivity contribution in [2.75, 3.05) is 19.6 Å². The number of hydrogen-bond acceptors (Lipinski definition) is 7. The first kappa shape index (κ1) is 20.6. The van der Waals surface area contributed by atoms with Crippen LogP contribution < -0.4 is 5.32 Å². The predicted molar refractivity (Wildman–Crippen MR) is 94.5 cm³/mol. The Balaban J connectivity index is 1.49. The summed E-state index contributed by atoms with van der Waals surface area (Å²) >= 11 is 0. The average molecular weight is 400 g/mol. The van der Waals surface area contributed by atoms with Crippen LogP contribution >= 0.6 is 0 Å². The lowest BCUT2D eigenvalue weighted by molar-refractivity contribution is -0.556. The summed E-state index contributed by atoms with van der Waals surface area (Å²) in [5, 5.41) is 16.0. The second-order valence-electron chi connectivity index (χ2n) is 8.41. The maximum Gasteiger partial charge on any atom is 0.410 e. The van der Waals surface area contributed by atoms with Crippen LogP contribution in [0.15, 0.2) is 0 Å². The Kier molecular flexibility index (Phi) is 5.96. The molecule has 3 rings (SSSR count). The number of carbonyl (C=O) groups excluding carboxylic acids is 3. The number of amides is 4. The lowest BCUT2D eigenvalue weighted by atomic mass is 9.99. The van der Waals surface area contributed by atoms with E-state index in [1.807, 2.05) is 20.8 Å². The number of nitrogens with zero attached hydrogens (tertiary/aromatic N) is 3. The minimum absolute atomic E-state index is 0.0604. The van der Waals surface area contributed by atoms with Crippen molar-refractivity contribution in [2.24, 2.45) is 0 Å². The SMILES string of the molecule is CC(C)(C)OC(=O)N1CCC(NC(=O)[C@@H]2CC[C@@H]3CN2C(=O)N3OOO)CC1. The molecule has 2 N–H and O–H groups in total. The van der Waals surface area contributed by atoms with Crippen molar-refractivity contribution in [3.8, 4) is 0 Å². The highest BCUT2D eigenvalue weighted by Crippen LogP contribution is 2.30. The molecule has 2 atom stereocenters. The van der Waals surface area contributed by atoms with E-state index in [2.05, 4.69) is 15.3 Å². The Bertz CT molecular complexity index is 615. The Morgan fingerprint density at radius 1 is 1.14 bits per heavy atom. The highest BCUT2D eigenvalue weighted by molar-refractivity contribution is 5.88. The standard InChI is InChI=1S/C17H28N4O7/c1-17(2,3)26-16(24)19-8-6-11(7-9-19)18-14(22)13-5-4-12-10-20(13)15(23)21(12)27-28-25/h11-13,25H,4-10H2,1-3H3,(H,18,22)/t12-,13+/m1/s1. The van der Waals surface area contributed by atoms with Crippen molar-refractivity contribution >= 4 is 18.0 Å². The highest BCUT2D eigenvalue weighted by Gasteiger charge is 2.48. The van der Waals surface area contributed by atoms with Gasteiger partial charge in [-0.05, 0) is 51.5 Å². The Morgan fingerprint density at radius 2 is 1.82 bits per heavy atom. The number of likely N-dealkylation sites (tertiary alicyclic amines) is 1. The van der Waals surface area contributed by atoms with Crippen LogP contribution in [0.4, 0.5) is 9.59 Å². The predicted octanol–water partition coefficient (Wildman–Crippen LogP) is 1.11. The molecule has 3 heterocycles. The first-order valence-electron chi connectivity index (χ1n) is 9.56. The molecule has 3 saturated heterocycles. The number of rotatable bonds is 4. The van der Waals surface area contributed by atoms with Crippen LogP contribution in [0.2, 0.25) is 0 Å². The molecule has 0 saturated carbocycles. The van der Waals surface area contributed by atoms with Gasteiger partial charge in [-0.25, -0.2) is 14.8 Å². The fourth-order valence-corrected chi connectivity index (χ4v) is 3.87. The molecule has 4 amide bonds. The summed E-state index contributed by atoms with van der Waals surface area (Å²) in [6.07, 6.45) is 1.99. The van der Waals surface area contributed by atoms with Gasteiger partial charge in [0.2, 0.25) is 5.91 Å². The van der Waals surface area contributed by atoms with Crippen molar-refractivity contribution < 1.29 is 34.4 Å². The van der Waals surface area contributed by atoms with Crippen LogP contribution in [0.1, 0.15) is 46.5 Å². The molecule has 0 aliphatic carbocycles. The van der Waals surface area contributed by atoms with Gasteiger partial charge in [-0.2, -0.15) is 5.06 Å². The van der Waals surface area contributed by atoms with Gasteiger partial charge < -0.3 is 19.9 Å². The van der Waals surface area contributed by atoms with Gasteiger partial charge in [0.05, 0.1) is 6.04 Å². The molecular weight excluding hydrogens is 372 g/mol. The second-order valence-corrected chi connectivity index (χ2v) is 8.41. The van der Waals surface area contributed by atoms with Crippen LogP contribution in [0, 0.1) is 0 Å². The molecule has 28 heavy (non-hydrogen) atoms. The van der Waals surface area contributed by atoms with Crippen LogP contribution in [0.25, 0.3) is 0 Å². The molecular formula is C17H28N4O7. The number of nitrogens with one attached hydrogen (secondary N) is 1. The number of piperidine rings is 2. The molecule has 0 spiro atoms. The van der Waals surface area contributed by atoms with Crippen LogP contribution in [-0.4, -0.2) is 81.5 Å². The number of carbonyl (C=O) groups is 3. The smallest absolute Gasteiger partial charge is 0.410 e. The van der Waals surface area contributed by atoms with E-state index in [0.29, 0.717) is 45.3 Å². The monoisotopic (exact) mass is 400 g/mol. The zero-order valence-corrected chi connectivity index (χ0v) is 16.4. The van der Waals surface area contributed by atoms with Gasteiger partial charge in [-0.1, -0.05) is 4.99 Å². The summed E-state index contributed by atoms with van der Waals surface area (Å²) in [5.74, 6) is -0.214. The van der Waals surface area contributed by atoms with Crippen molar-refractivity contribution in [2.45, 2.75) is 70.2 Å². The minimum Gasteiger partial charge on any atom is -0.444 e. The third-order valence-electron chi connectivity index (χ3n) is 5.23. The fraction of sp³-hybridized carbons (Fsp3) is 0.824. The highest BCUT2D eigenvalue weighted by atomic mass is 17.5. The third kappa shape index (κ3) is 4.47. The first-order chi connectivity index (χ1) is 13.2. The van der Waals surface area contributed by atoms with E-state index in [1.165, 1.54) is 4.90 Å². The summed E-state index contributed by atoms with van der Waals surface area (Å²) in [4.78, 5) is 44.7. The van der Waals surface area contributed by atoms with Gasteiger partial charge >= 0.3 is 12.1 Å². The van der Waals surface area contributed by atoms with Gasteiger partial charge in [-0.15, -0.1) is 0 Å². The van der Waals surface area contributed by atoms with E-state index in [4.69, 9.17) is 9.99 Å². The number of hydroxylamine groups is 2. The fourth-order valence-electron chi connectivity index (χ4n) is 3.87. The summed E-state index contributed by atoms with van der Waals surface area (Å²) in [5.41, 5.74) is -0.540. The zero-order valence-electron chi connectivity index (χ0n) is 16.4. The van der Waals surface area contributed by atoms with Crippen LogP contribution in [0.5, 0.6) is 0 Å². The second kappa shape index (κ2) is 8.10. The van der Waals surface area contributed by atoms with Gasteiger partial charge in [0.15, 0.2) is 0 Å². The molecule has 3 fully saturated rings. The summed E-state index contributed by atoms with van der Waals surface area (Å²) < 4.78 is 5.37. The molecule has 0 radical (unpaired) electrons. The third-order valence-corrected chi connectivity index (χ3v) is 5.23. The average Bonchev–Trinajstić information content (AvgIpc) is 2.86. The largest absolute Gasteiger partial charge is 0.444 e. The van der Waals surface area contributed by atoms with Crippen molar-refractivity contribution in [3.05, 3.63) is 0 Å². The Morgan fingerprint density at radius 3 is 2.43 bits per heavy atom. The van der Waals surface area contributed by atoms with Crippen molar-refractivity contribution in [1.82, 2.24) is 20.2 Å². The Labute approximate surface area is 163 Å². The molecule has 0 aromatic heterocycles. The lowest BCUT2D eigenvalue weighted by Gasteiger charge is -2.35. The zero-order chi connectivity index (χ0) is 20.5. The number of ether oxygens (including phenoxy) is 1. The molecule has 11 nitrogen and oxygen atoms in total. The number of fused-ring (bicyclic) bond motifs is 2. The van der Waals surface area contributed by atoms with E-state index in [0.717, 1.165) is 5.06 Å². The topological polar surface area (TPSA) is 121 Å². The lowest BCUT2D eigenvalue weighted by Crippen LogP contribution is -2.54. The van der Waals surface area contributed by atoms with E-state index >= 15 is 0 Å². The van der Waals surface area contributed by atoms with Gasteiger partial charge in [0.25, 0.3) is 0 Å². The van der Waals surface area contributed by atoms with Crippen LogP contribution in [0.3, 0.4) is 0 Å². The molecule has 158 valence electrons. The van der Waals surface area contributed by atoms with Crippen molar-refractivity contribution in [1.29, 1.82) is 0 Å². The summed E-state index contributed by atoms with van der Waals surface area (Å²) in [7, 11) is 0. The minimum atomic E-state index is -0.583. The van der Waals surface area contributed by atoms with E-state index in [-0.39, 0.29) is 24.1 Å². The first-order valence-corrected chi connectivity index (χ1v) is 9.56. The quantitative estimate of drug-likeness (QED) is 0.535. The van der Waals surface area contributed by atoms with Gasteiger partial charge in [0, 0.05) is 25.7 Å². The maximum atomic E-state index is 12.7. The molecule has 11 heteroatoms. The molecule has 2 bridgehead atoms. The van der Waals surface area contributed by atoms with E-state index in [1.54, 1.807) is 4.90 Å². The van der Waals surface area contributed by atoms with E-state index < -0.39 is 17.7 Å². The van der Waals surface area contributed by atoms with Gasteiger partial charge in [0.1, 0.15) is 11.6 Å². The normalized spacial score (nSPS) is 25.9.